The van der Waals surface area contributed by atoms with Gasteiger partial charge in [0, 0.05) is 29.6 Å². The first-order valence-corrected chi connectivity index (χ1v) is 8.75. The molecule has 0 saturated carbocycles. The summed E-state index contributed by atoms with van der Waals surface area (Å²) in [4.78, 5) is 11.9. The highest BCUT2D eigenvalue weighted by molar-refractivity contribution is 9.10. The van der Waals surface area contributed by atoms with E-state index in [1.807, 2.05) is 35.7 Å². The molecule has 1 heterocycles. The Hall–Kier alpha value is -1.43. The van der Waals surface area contributed by atoms with Crippen LogP contribution in [0.4, 0.5) is 0 Å². The summed E-state index contributed by atoms with van der Waals surface area (Å²) in [6.45, 7) is 0.523. The van der Waals surface area contributed by atoms with Crippen molar-refractivity contribution in [3.05, 3.63) is 62.8 Å². The van der Waals surface area contributed by atoms with E-state index in [1.54, 1.807) is 17.4 Å². The van der Waals surface area contributed by atoms with E-state index in [1.165, 1.54) is 11.6 Å². The Morgan fingerprint density at radius 1 is 1.36 bits per heavy atom. The molecule has 1 aromatic heterocycles. The SMILES string of the molecule is O=C(/C=C/c1ccccc1Br)NCC(CO)Cc1ccsc1. The van der Waals surface area contributed by atoms with E-state index in [0.717, 1.165) is 16.5 Å². The summed E-state index contributed by atoms with van der Waals surface area (Å²) < 4.78 is 0.949. The Morgan fingerprint density at radius 3 is 2.86 bits per heavy atom. The number of halogens is 1. The fraction of sp³-hybridized carbons (Fsp3) is 0.235. The summed E-state index contributed by atoms with van der Waals surface area (Å²) in [6.07, 6.45) is 4.06. The van der Waals surface area contributed by atoms with Gasteiger partial charge in [-0.05, 0) is 46.5 Å². The zero-order chi connectivity index (χ0) is 15.8. The second kappa shape index (κ2) is 8.88. The molecule has 0 fully saturated rings. The zero-order valence-corrected chi connectivity index (χ0v) is 14.4. The topological polar surface area (TPSA) is 49.3 Å². The van der Waals surface area contributed by atoms with Crippen molar-refractivity contribution in [2.75, 3.05) is 13.2 Å². The van der Waals surface area contributed by atoms with E-state index < -0.39 is 0 Å². The number of rotatable bonds is 7. The standard InChI is InChI=1S/C17H18BrNO2S/c18-16-4-2-1-3-15(16)5-6-17(21)19-10-14(11-20)9-13-7-8-22-12-13/h1-8,12,14,20H,9-11H2,(H,19,21)/b6-5+. The first kappa shape index (κ1) is 16.9. The zero-order valence-electron chi connectivity index (χ0n) is 12.0. The van der Waals surface area contributed by atoms with E-state index in [9.17, 15) is 9.90 Å². The lowest BCUT2D eigenvalue weighted by Gasteiger charge is -2.13. The number of hydrogen-bond acceptors (Lipinski definition) is 3. The lowest BCUT2D eigenvalue weighted by molar-refractivity contribution is -0.116. The molecule has 1 amide bonds. The van der Waals surface area contributed by atoms with Gasteiger partial charge in [-0.1, -0.05) is 34.1 Å². The quantitative estimate of drug-likeness (QED) is 0.723. The number of benzene rings is 1. The molecule has 1 unspecified atom stereocenters. The number of thiophene rings is 1. The van der Waals surface area contributed by atoms with Crippen molar-refractivity contribution in [3.8, 4) is 0 Å². The van der Waals surface area contributed by atoms with Crippen LogP contribution in [0.15, 0.2) is 51.6 Å². The van der Waals surface area contributed by atoms with Crippen LogP contribution in [-0.4, -0.2) is 24.2 Å². The maximum absolute atomic E-state index is 11.9. The van der Waals surface area contributed by atoms with Crippen LogP contribution in [0.1, 0.15) is 11.1 Å². The highest BCUT2D eigenvalue weighted by Gasteiger charge is 2.10. The van der Waals surface area contributed by atoms with Crippen LogP contribution in [0.2, 0.25) is 0 Å². The Labute approximate surface area is 142 Å². The molecule has 22 heavy (non-hydrogen) atoms. The molecule has 2 rings (SSSR count). The predicted molar refractivity (Wildman–Crippen MR) is 94.8 cm³/mol. The molecule has 2 N–H and O–H groups in total. The Balaban J connectivity index is 1.82. The summed E-state index contributed by atoms with van der Waals surface area (Å²) in [7, 11) is 0. The summed E-state index contributed by atoms with van der Waals surface area (Å²) in [5.41, 5.74) is 2.15. The highest BCUT2D eigenvalue weighted by atomic mass is 79.9. The van der Waals surface area contributed by atoms with E-state index >= 15 is 0 Å². The number of hydrogen-bond donors (Lipinski definition) is 2. The van der Waals surface area contributed by atoms with Gasteiger partial charge in [0.05, 0.1) is 0 Å². The van der Waals surface area contributed by atoms with Gasteiger partial charge in [0.15, 0.2) is 0 Å². The number of aliphatic hydroxyl groups excluding tert-OH is 1. The van der Waals surface area contributed by atoms with Gasteiger partial charge in [-0.15, -0.1) is 0 Å². The number of carbonyl (C=O) groups excluding carboxylic acids is 1. The molecule has 1 aromatic carbocycles. The third-order valence-corrected chi connectivity index (χ3v) is 4.70. The first-order chi connectivity index (χ1) is 10.7. The largest absolute Gasteiger partial charge is 0.396 e. The van der Waals surface area contributed by atoms with Gasteiger partial charge in [0.1, 0.15) is 0 Å². The van der Waals surface area contributed by atoms with Gasteiger partial charge >= 0.3 is 0 Å². The van der Waals surface area contributed by atoms with Crippen molar-refractivity contribution < 1.29 is 9.90 Å². The van der Waals surface area contributed by atoms with E-state index in [4.69, 9.17) is 0 Å². The van der Waals surface area contributed by atoms with Crippen LogP contribution in [0.5, 0.6) is 0 Å². The van der Waals surface area contributed by atoms with Crippen LogP contribution in [0.25, 0.3) is 6.08 Å². The maximum atomic E-state index is 11.9. The van der Waals surface area contributed by atoms with Gasteiger partial charge in [-0.3, -0.25) is 4.79 Å². The van der Waals surface area contributed by atoms with Crippen molar-refractivity contribution in [3.63, 3.8) is 0 Å². The summed E-state index contributed by atoms with van der Waals surface area (Å²) in [6, 6.07) is 9.76. The molecule has 0 saturated heterocycles. The van der Waals surface area contributed by atoms with Crippen LogP contribution in [0.3, 0.4) is 0 Å². The lowest BCUT2D eigenvalue weighted by Crippen LogP contribution is -2.30. The predicted octanol–water partition coefficient (Wildman–Crippen LogP) is 3.49. The minimum atomic E-state index is -0.153. The van der Waals surface area contributed by atoms with Crippen molar-refractivity contribution >= 4 is 39.2 Å². The molecule has 3 nitrogen and oxygen atoms in total. The fourth-order valence-electron chi connectivity index (χ4n) is 2.02. The van der Waals surface area contributed by atoms with Crippen LogP contribution < -0.4 is 5.32 Å². The molecule has 0 bridgehead atoms. The summed E-state index contributed by atoms with van der Waals surface area (Å²) in [5.74, 6) is -0.116. The number of aliphatic hydroxyl groups is 1. The molecule has 5 heteroatoms. The maximum Gasteiger partial charge on any atom is 0.244 e. The van der Waals surface area contributed by atoms with Crippen molar-refractivity contribution in [2.24, 2.45) is 5.92 Å². The average Bonchev–Trinajstić information content (AvgIpc) is 3.03. The molecule has 116 valence electrons. The van der Waals surface area contributed by atoms with Crippen molar-refractivity contribution in [1.82, 2.24) is 5.32 Å². The number of carbonyl (C=O) groups is 1. The highest BCUT2D eigenvalue weighted by Crippen LogP contribution is 2.17. The van der Waals surface area contributed by atoms with Crippen LogP contribution >= 0.6 is 27.3 Å². The minimum absolute atomic E-state index is 0.0374. The molecule has 0 aliphatic rings. The van der Waals surface area contributed by atoms with E-state index in [2.05, 4.69) is 26.6 Å². The third kappa shape index (κ3) is 5.40. The van der Waals surface area contributed by atoms with Crippen molar-refractivity contribution in [2.45, 2.75) is 6.42 Å². The van der Waals surface area contributed by atoms with Gasteiger partial charge in [0.2, 0.25) is 5.91 Å². The smallest absolute Gasteiger partial charge is 0.244 e. The van der Waals surface area contributed by atoms with E-state index in [-0.39, 0.29) is 18.4 Å². The third-order valence-electron chi connectivity index (χ3n) is 3.25. The molecule has 0 aliphatic carbocycles. The second-order valence-corrected chi connectivity index (χ2v) is 6.62. The van der Waals surface area contributed by atoms with Gasteiger partial charge < -0.3 is 10.4 Å². The molecule has 1 atom stereocenters. The summed E-state index contributed by atoms with van der Waals surface area (Å²) in [5, 5.41) is 16.3. The number of nitrogens with one attached hydrogen (secondary N) is 1. The molecule has 0 spiro atoms. The average molecular weight is 380 g/mol. The Kier molecular flexibility index (Phi) is 6.83. The van der Waals surface area contributed by atoms with Crippen LogP contribution in [-0.2, 0) is 11.2 Å². The first-order valence-electron chi connectivity index (χ1n) is 7.01. The fourth-order valence-corrected chi connectivity index (χ4v) is 3.12. The summed E-state index contributed by atoms with van der Waals surface area (Å²) >= 11 is 5.08. The molecule has 0 aliphatic heterocycles. The molecule has 0 radical (unpaired) electrons. The molecular weight excluding hydrogens is 362 g/mol. The Morgan fingerprint density at radius 2 is 2.18 bits per heavy atom. The monoisotopic (exact) mass is 379 g/mol. The van der Waals surface area contributed by atoms with Gasteiger partial charge in [-0.25, -0.2) is 0 Å². The van der Waals surface area contributed by atoms with Crippen molar-refractivity contribution in [1.29, 1.82) is 0 Å². The molecule has 2 aromatic rings. The number of amides is 1. The second-order valence-electron chi connectivity index (χ2n) is 4.98. The normalized spacial score (nSPS) is 12.5. The van der Waals surface area contributed by atoms with Gasteiger partial charge in [0.25, 0.3) is 0 Å². The van der Waals surface area contributed by atoms with Crippen LogP contribution in [0, 0.1) is 5.92 Å². The lowest BCUT2D eigenvalue weighted by atomic mass is 10.0. The van der Waals surface area contributed by atoms with Gasteiger partial charge in [-0.2, -0.15) is 11.3 Å². The molecular formula is C17H18BrNO2S. The Bertz CT molecular complexity index is 625. The van der Waals surface area contributed by atoms with E-state index in [0.29, 0.717) is 6.54 Å². The minimum Gasteiger partial charge on any atom is -0.396 e.